The summed E-state index contributed by atoms with van der Waals surface area (Å²) >= 11 is 1.53. The largest absolute Gasteiger partial charge is 0.504 e. The van der Waals surface area contributed by atoms with E-state index in [1.165, 1.54) is 11.8 Å². The van der Waals surface area contributed by atoms with E-state index in [1.54, 1.807) is 7.11 Å². The number of phenolic OH excluding ortho intramolecular Hbond substituents is 1. The lowest BCUT2D eigenvalue weighted by Crippen LogP contribution is -2.70. The molecule has 7 aliphatic rings. The topological polar surface area (TPSA) is 166 Å². The zero-order valence-corrected chi connectivity index (χ0v) is 32.3. The number of hydrogen-bond donors (Lipinski definition) is 5. The predicted octanol–water partition coefficient (Wildman–Crippen LogP) is 4.33. The summed E-state index contributed by atoms with van der Waals surface area (Å²) < 4.78 is 24.5. The number of carboxylic acids is 1. The van der Waals surface area contributed by atoms with E-state index < -0.39 is 53.1 Å². The Bertz CT molecular complexity index is 2360. The molecule has 13 nitrogen and oxygen atoms in total. The number of ether oxygens (including phenoxy) is 4. The third kappa shape index (κ3) is 4.57. The van der Waals surface area contributed by atoms with Gasteiger partial charge >= 0.3 is 11.9 Å². The third-order valence-corrected chi connectivity index (χ3v) is 14.8. The minimum atomic E-state index is -1.55. The molecule has 4 bridgehead atoms. The Morgan fingerprint density at radius 1 is 1.04 bits per heavy atom. The SMILES string of the molecule is COc1c(C)cc2c(c1O)[C@@H]1[C@@H]3[C@@H]4SC[C@]5(N[C@@H](C(=O)O)Cc6c5[nH]c5ccc(C)cc65)C(=O)OC[C@@H](c5c6c(c(C)c(C)c54)OCO6)N3[C@@H](O)[C@H](C2)N1C. The van der Waals surface area contributed by atoms with Crippen molar-refractivity contribution in [1.82, 2.24) is 20.1 Å². The number of thioether (sulfide) groups is 1. The van der Waals surface area contributed by atoms with Gasteiger partial charge in [0.2, 0.25) is 6.79 Å². The van der Waals surface area contributed by atoms with E-state index in [0.29, 0.717) is 29.4 Å². The molecule has 288 valence electrons. The smallest absolute Gasteiger partial charge is 0.333 e. The second kappa shape index (κ2) is 12.0. The first-order valence-electron chi connectivity index (χ1n) is 18.8. The van der Waals surface area contributed by atoms with E-state index >= 15 is 0 Å². The van der Waals surface area contributed by atoms with Gasteiger partial charge in [-0.3, -0.25) is 19.9 Å². The summed E-state index contributed by atoms with van der Waals surface area (Å²) in [6.45, 7) is 7.90. The number of aliphatic hydroxyl groups excluding tert-OH is 1. The molecular formula is C41H44N4O9S. The number of rotatable bonds is 2. The number of aliphatic carboxylic acids is 1. The van der Waals surface area contributed by atoms with Crippen LogP contribution in [0.1, 0.15) is 73.1 Å². The normalized spacial score (nSPS) is 30.7. The molecule has 0 unspecified atom stereocenters. The van der Waals surface area contributed by atoms with Crippen molar-refractivity contribution in [3.8, 4) is 23.0 Å². The molecule has 0 aliphatic carbocycles. The number of carbonyl (C=O) groups excluding carboxylic acids is 1. The first-order chi connectivity index (χ1) is 26.4. The minimum Gasteiger partial charge on any atom is -0.504 e. The number of methoxy groups -OCH3 is 1. The highest BCUT2D eigenvalue weighted by molar-refractivity contribution is 7.99. The van der Waals surface area contributed by atoms with E-state index in [-0.39, 0.29) is 37.4 Å². The monoisotopic (exact) mass is 768 g/mol. The Morgan fingerprint density at radius 3 is 2.58 bits per heavy atom. The number of carbonyl (C=O) groups is 2. The number of aliphatic hydroxyl groups is 1. The number of piperazine rings is 1. The number of aromatic hydroxyl groups is 1. The Hall–Kier alpha value is -4.47. The van der Waals surface area contributed by atoms with Crippen LogP contribution in [0.3, 0.4) is 0 Å². The van der Waals surface area contributed by atoms with Gasteiger partial charge in [0.05, 0.1) is 30.9 Å². The number of aryl methyl sites for hydroxylation is 2. The summed E-state index contributed by atoms with van der Waals surface area (Å²) in [6, 6.07) is 5.13. The van der Waals surface area contributed by atoms with Crippen molar-refractivity contribution >= 4 is 34.6 Å². The third-order valence-electron chi connectivity index (χ3n) is 13.3. The van der Waals surface area contributed by atoms with Gasteiger partial charge in [-0.15, -0.1) is 11.8 Å². The van der Waals surface area contributed by atoms with Gasteiger partial charge < -0.3 is 39.3 Å². The van der Waals surface area contributed by atoms with Crippen LogP contribution in [0.5, 0.6) is 23.0 Å². The molecule has 2 fully saturated rings. The molecule has 4 aromatic rings. The second-order valence-corrected chi connectivity index (χ2v) is 17.2. The molecule has 5 N–H and O–H groups in total. The van der Waals surface area contributed by atoms with Crippen molar-refractivity contribution in [2.45, 2.75) is 87.8 Å². The molecule has 11 rings (SSSR count). The molecule has 55 heavy (non-hydrogen) atoms. The number of H-pyrrole nitrogens is 1. The van der Waals surface area contributed by atoms with Crippen LogP contribution in [0.4, 0.5) is 0 Å². The molecule has 8 atom stereocenters. The van der Waals surface area contributed by atoms with Crippen molar-refractivity contribution in [1.29, 1.82) is 0 Å². The lowest BCUT2D eigenvalue weighted by Gasteiger charge is -2.62. The van der Waals surface area contributed by atoms with Gasteiger partial charge in [-0.25, -0.2) is 4.79 Å². The van der Waals surface area contributed by atoms with Crippen LogP contribution in [-0.2, 0) is 32.7 Å². The molecule has 2 saturated heterocycles. The van der Waals surface area contributed by atoms with Crippen LogP contribution >= 0.6 is 11.8 Å². The van der Waals surface area contributed by atoms with Crippen molar-refractivity contribution in [3.05, 3.63) is 80.0 Å². The quantitative estimate of drug-likeness (QED) is 0.183. The summed E-state index contributed by atoms with van der Waals surface area (Å²) in [5, 5.41) is 38.9. The zero-order valence-electron chi connectivity index (χ0n) is 31.5. The number of nitrogens with zero attached hydrogens (tertiary/aromatic N) is 2. The van der Waals surface area contributed by atoms with Crippen LogP contribution in [-0.4, -0.2) is 99.7 Å². The fourth-order valence-corrected chi connectivity index (χ4v) is 12.5. The van der Waals surface area contributed by atoms with Gasteiger partial charge in [-0.05, 0) is 86.7 Å². The number of nitrogens with one attached hydrogen (secondary N) is 2. The number of hydrogen-bond acceptors (Lipinski definition) is 12. The lowest BCUT2D eigenvalue weighted by atomic mass is 9.72. The lowest BCUT2D eigenvalue weighted by molar-refractivity contribution is -0.186. The highest BCUT2D eigenvalue weighted by atomic mass is 32.2. The first-order valence-corrected chi connectivity index (χ1v) is 19.8. The first kappa shape index (κ1) is 35.0. The number of aromatic nitrogens is 1. The number of phenols is 1. The average molecular weight is 769 g/mol. The van der Waals surface area contributed by atoms with Crippen LogP contribution in [0.2, 0.25) is 0 Å². The summed E-state index contributed by atoms with van der Waals surface area (Å²) in [5.74, 6) is 0.188. The zero-order chi connectivity index (χ0) is 38.4. The van der Waals surface area contributed by atoms with Crippen LogP contribution in [0, 0.1) is 27.7 Å². The number of esters is 1. The summed E-state index contributed by atoms with van der Waals surface area (Å²) in [7, 11) is 3.56. The standard InChI is InChI=1S/C41H44N4O9S/c1-16-7-8-23-21(9-16)22-12-24(39(48)49)43-41(37(22)42-23)14-55-36-27-18(3)19(4)34-35(54-15-53-34)29(27)26(13-52-40(41)50)45-31(36)30-28-20(11-25(38(45)47)44(30)5)10-17(2)33(51-6)32(28)46/h7-10,24-26,30-31,36,38,42-43,46-47H,11-15H2,1-6H3,(H,48,49)/t24-,25+,26+,30-,31-,36-,38+,41-/m1/s1. The summed E-state index contributed by atoms with van der Waals surface area (Å²) in [6.07, 6.45) is -0.303. The molecule has 8 heterocycles. The highest BCUT2D eigenvalue weighted by Crippen LogP contribution is 2.63. The molecule has 1 aromatic heterocycles. The van der Waals surface area contributed by atoms with E-state index in [2.05, 4.69) is 33.1 Å². The average Bonchev–Trinajstić information content (AvgIpc) is 3.79. The van der Waals surface area contributed by atoms with Gasteiger partial charge in [0.1, 0.15) is 18.9 Å². The number of aromatic amines is 1. The maximum Gasteiger partial charge on any atom is 0.333 e. The van der Waals surface area contributed by atoms with Gasteiger partial charge in [-0.1, -0.05) is 17.7 Å². The Morgan fingerprint density at radius 2 is 1.82 bits per heavy atom. The number of likely N-dealkylation sites (N-methyl/N-ethyl adjacent to an activating group) is 1. The minimum absolute atomic E-state index is 0.0446. The van der Waals surface area contributed by atoms with E-state index in [0.717, 1.165) is 61.0 Å². The molecule has 0 amide bonds. The number of carboxylic acid groups (broad SMARTS) is 1. The van der Waals surface area contributed by atoms with Crippen molar-refractivity contribution < 1.29 is 43.9 Å². The highest BCUT2D eigenvalue weighted by Gasteiger charge is 2.61. The molecule has 14 heteroatoms. The predicted molar refractivity (Wildman–Crippen MR) is 203 cm³/mol. The van der Waals surface area contributed by atoms with Gasteiger partial charge in [0, 0.05) is 45.5 Å². The molecule has 0 saturated carbocycles. The second-order valence-electron chi connectivity index (χ2n) is 16.0. The molecular weight excluding hydrogens is 725 g/mol. The molecule has 1 spiro atoms. The number of benzene rings is 3. The summed E-state index contributed by atoms with van der Waals surface area (Å²) in [5.41, 5.74) is 7.98. The molecule has 0 radical (unpaired) electrons. The molecule has 3 aromatic carbocycles. The van der Waals surface area contributed by atoms with E-state index in [1.807, 2.05) is 46.0 Å². The van der Waals surface area contributed by atoms with Crippen molar-refractivity contribution in [2.75, 3.05) is 33.3 Å². The van der Waals surface area contributed by atoms with Gasteiger partial charge in [0.25, 0.3) is 0 Å². The fourth-order valence-electron chi connectivity index (χ4n) is 10.7. The maximum absolute atomic E-state index is 14.9. The van der Waals surface area contributed by atoms with E-state index in [4.69, 9.17) is 18.9 Å². The summed E-state index contributed by atoms with van der Waals surface area (Å²) in [4.78, 5) is 35.6. The Balaban J connectivity index is 1.22. The number of fused-ring (bicyclic) bond motifs is 11. The van der Waals surface area contributed by atoms with Crippen molar-refractivity contribution in [3.63, 3.8) is 0 Å². The van der Waals surface area contributed by atoms with Crippen LogP contribution in [0.15, 0.2) is 24.3 Å². The Labute approximate surface area is 321 Å². The van der Waals surface area contributed by atoms with Crippen molar-refractivity contribution in [2.24, 2.45) is 0 Å². The Kier molecular flexibility index (Phi) is 7.64. The van der Waals surface area contributed by atoms with Gasteiger partial charge in [0.15, 0.2) is 28.5 Å². The van der Waals surface area contributed by atoms with Gasteiger partial charge in [-0.2, -0.15) is 0 Å². The molecule has 7 aliphatic heterocycles. The van der Waals surface area contributed by atoms with E-state index in [9.17, 15) is 24.9 Å². The maximum atomic E-state index is 14.9. The fraction of sp³-hybridized carbons (Fsp3) is 0.463. The van der Waals surface area contributed by atoms with Crippen LogP contribution in [0.25, 0.3) is 10.9 Å². The van der Waals surface area contributed by atoms with Crippen LogP contribution < -0.4 is 19.5 Å².